The van der Waals surface area contributed by atoms with E-state index >= 15 is 0 Å². The topological polar surface area (TPSA) is 88.5 Å². The Labute approximate surface area is 132 Å². The molecule has 1 fully saturated rings. The molecular weight excluding hydrogens is 328 g/mol. The Morgan fingerprint density at radius 1 is 1.09 bits per heavy atom. The molecule has 0 bridgehead atoms. The van der Waals surface area contributed by atoms with Gasteiger partial charge in [0.25, 0.3) is 0 Å². The Bertz CT molecular complexity index is 818. The van der Waals surface area contributed by atoms with Crippen LogP contribution in [0, 0.1) is 0 Å². The first kappa shape index (κ1) is 15.2. The van der Waals surface area contributed by atoms with Gasteiger partial charge >= 0.3 is 0 Å². The predicted molar refractivity (Wildman–Crippen MR) is 80.6 cm³/mol. The van der Waals surface area contributed by atoms with E-state index < -0.39 is 27.2 Å². The summed E-state index contributed by atoms with van der Waals surface area (Å²) in [7, 11) is -3.33. The first-order valence-electron chi connectivity index (χ1n) is 6.87. The average molecular weight is 341 g/mol. The van der Waals surface area contributed by atoms with E-state index in [2.05, 4.69) is 0 Å². The number of fused-ring (bicyclic) bond motifs is 1. The van der Waals surface area contributed by atoms with Crippen molar-refractivity contribution >= 4 is 38.8 Å². The number of carbonyl (C=O) groups is 2. The largest absolute Gasteiger partial charge is 0.506 e. The van der Waals surface area contributed by atoms with Crippen LogP contribution in [0.5, 0.6) is 0 Å². The van der Waals surface area contributed by atoms with Gasteiger partial charge in [-0.1, -0.05) is 11.6 Å². The second-order valence-corrected chi connectivity index (χ2v) is 7.85. The molecule has 0 unspecified atom stereocenters. The summed E-state index contributed by atoms with van der Waals surface area (Å²) in [5.41, 5.74) is 0.340. The first-order chi connectivity index (χ1) is 10.3. The number of halogens is 1. The number of hydrogen-bond acceptors (Lipinski definition) is 5. The summed E-state index contributed by atoms with van der Waals surface area (Å²) in [4.78, 5) is 23.9. The van der Waals surface area contributed by atoms with Crippen LogP contribution in [0.15, 0.2) is 22.6 Å². The van der Waals surface area contributed by atoms with Gasteiger partial charge in [-0.25, -0.2) is 8.42 Å². The molecule has 0 atom stereocenters. The monoisotopic (exact) mass is 340 g/mol. The van der Waals surface area contributed by atoms with Gasteiger partial charge in [-0.3, -0.25) is 9.59 Å². The van der Waals surface area contributed by atoms with Crippen LogP contribution in [-0.2, 0) is 25.8 Å². The zero-order chi connectivity index (χ0) is 16.1. The summed E-state index contributed by atoms with van der Waals surface area (Å²) in [5.74, 6) is -1.29. The normalized spacial score (nSPS) is 20.1. The summed E-state index contributed by atoms with van der Waals surface area (Å²) in [6.07, 6.45) is 1.16. The highest BCUT2D eigenvalue weighted by Crippen LogP contribution is 2.37. The minimum absolute atomic E-state index is 0.0271. The van der Waals surface area contributed by atoms with Crippen molar-refractivity contribution in [3.05, 3.63) is 33.9 Å². The molecule has 1 heterocycles. The number of ketones is 2. The van der Waals surface area contributed by atoms with Gasteiger partial charge in [0.1, 0.15) is 11.3 Å². The van der Waals surface area contributed by atoms with Gasteiger partial charge in [0.15, 0.2) is 21.4 Å². The Kier molecular flexibility index (Phi) is 3.61. The number of hydrogen-bond donors (Lipinski definition) is 1. The van der Waals surface area contributed by atoms with Crippen molar-refractivity contribution in [1.82, 2.24) is 0 Å². The Morgan fingerprint density at radius 3 is 2.36 bits per heavy atom. The predicted octanol–water partition coefficient (Wildman–Crippen LogP) is 2.26. The lowest BCUT2D eigenvalue weighted by molar-refractivity contribution is -0.123. The minimum atomic E-state index is -3.33. The van der Waals surface area contributed by atoms with Gasteiger partial charge < -0.3 is 5.11 Å². The molecule has 0 spiro atoms. The molecule has 0 amide bonds. The van der Waals surface area contributed by atoms with Crippen LogP contribution in [-0.4, -0.2) is 30.8 Å². The summed E-state index contributed by atoms with van der Waals surface area (Å²) in [6.45, 7) is 0. The smallest absolute Gasteiger partial charge is 0.179 e. The maximum absolute atomic E-state index is 11.9. The molecule has 22 heavy (non-hydrogen) atoms. The molecule has 3 rings (SSSR count). The van der Waals surface area contributed by atoms with Crippen LogP contribution < -0.4 is 0 Å². The molecule has 1 N–H and O–H groups in total. The maximum Gasteiger partial charge on any atom is 0.179 e. The molecule has 1 aliphatic carbocycles. The number of aliphatic hydroxyl groups excluding tert-OH is 1. The third-order valence-electron chi connectivity index (χ3n) is 4.01. The van der Waals surface area contributed by atoms with Crippen LogP contribution in [0.25, 0.3) is 5.76 Å². The van der Waals surface area contributed by atoms with Crippen molar-refractivity contribution in [2.45, 2.75) is 30.6 Å². The lowest BCUT2D eigenvalue weighted by atomic mass is 9.89. The molecule has 0 aromatic heterocycles. The average Bonchev–Trinajstić information content (AvgIpc) is 2.75. The molecule has 1 aromatic rings. The molecule has 7 heteroatoms. The molecule has 2 aliphatic rings. The Balaban J connectivity index is 2.18. The molecule has 1 saturated carbocycles. The van der Waals surface area contributed by atoms with Gasteiger partial charge in [-0.2, -0.15) is 0 Å². The molecule has 1 aromatic carbocycles. The second kappa shape index (κ2) is 5.21. The molecule has 5 nitrogen and oxygen atoms in total. The van der Waals surface area contributed by atoms with E-state index in [1.54, 1.807) is 0 Å². The molecule has 0 saturated heterocycles. The van der Waals surface area contributed by atoms with E-state index in [0.717, 1.165) is 0 Å². The number of carbonyl (C=O) groups excluding carboxylic acids is 2. The highest BCUT2D eigenvalue weighted by Gasteiger charge is 2.32. The number of rotatable bonds is 1. The highest BCUT2D eigenvalue weighted by atomic mass is 35.5. The zero-order valence-corrected chi connectivity index (χ0v) is 13.1. The van der Waals surface area contributed by atoms with Crippen LogP contribution in [0.4, 0.5) is 0 Å². The van der Waals surface area contributed by atoms with Gasteiger partial charge in [0, 0.05) is 18.4 Å². The van der Waals surface area contributed by atoms with Crippen molar-refractivity contribution in [2.75, 3.05) is 5.75 Å². The van der Waals surface area contributed by atoms with E-state index in [1.165, 1.54) is 12.1 Å². The fourth-order valence-electron chi connectivity index (χ4n) is 2.87. The van der Waals surface area contributed by atoms with E-state index in [1.807, 2.05) is 0 Å². The van der Waals surface area contributed by atoms with Gasteiger partial charge in [-0.15, -0.1) is 0 Å². The van der Waals surface area contributed by atoms with Crippen molar-refractivity contribution in [1.29, 1.82) is 0 Å². The first-order valence-corrected chi connectivity index (χ1v) is 8.90. The van der Waals surface area contributed by atoms with Crippen LogP contribution in [0.2, 0.25) is 5.02 Å². The van der Waals surface area contributed by atoms with Crippen molar-refractivity contribution < 1.29 is 23.1 Å². The number of aliphatic hydroxyl groups is 1. The van der Waals surface area contributed by atoms with E-state index in [0.29, 0.717) is 12.0 Å². The Hall–Kier alpha value is -1.66. The maximum atomic E-state index is 11.9. The third kappa shape index (κ3) is 2.27. The number of allylic oxidation sites excluding steroid dienone is 1. The van der Waals surface area contributed by atoms with Gasteiger partial charge in [0.2, 0.25) is 0 Å². The summed E-state index contributed by atoms with van der Waals surface area (Å²) in [5, 5.41) is 10.4. The van der Waals surface area contributed by atoms with E-state index in [-0.39, 0.29) is 46.1 Å². The summed E-state index contributed by atoms with van der Waals surface area (Å²) in [6, 6.07) is 2.72. The Morgan fingerprint density at radius 2 is 1.73 bits per heavy atom. The fraction of sp³-hybridized carbons (Fsp3) is 0.333. The summed E-state index contributed by atoms with van der Waals surface area (Å²) < 4.78 is 23.7. The van der Waals surface area contributed by atoms with E-state index in [9.17, 15) is 23.1 Å². The lowest BCUT2D eigenvalue weighted by Gasteiger charge is -2.15. The number of sulfone groups is 1. The van der Waals surface area contributed by atoms with Gasteiger partial charge in [0.05, 0.1) is 15.7 Å². The van der Waals surface area contributed by atoms with Crippen LogP contribution in [0.3, 0.4) is 0 Å². The fourth-order valence-corrected chi connectivity index (χ4v) is 4.82. The number of benzene rings is 1. The molecule has 116 valence electrons. The van der Waals surface area contributed by atoms with E-state index in [4.69, 9.17) is 11.6 Å². The number of Topliss-reactive ketones (excluding diaryl/α,β-unsaturated/α-hetero) is 2. The lowest BCUT2D eigenvalue weighted by Crippen LogP contribution is -2.20. The van der Waals surface area contributed by atoms with Crippen LogP contribution in [0.1, 0.15) is 30.4 Å². The van der Waals surface area contributed by atoms with Gasteiger partial charge in [-0.05, 0) is 30.5 Å². The van der Waals surface area contributed by atoms with Crippen LogP contribution >= 0.6 is 11.6 Å². The van der Waals surface area contributed by atoms with Crippen molar-refractivity contribution in [3.63, 3.8) is 0 Å². The quantitative estimate of drug-likeness (QED) is 0.481. The second-order valence-electron chi connectivity index (χ2n) is 5.40. The molecule has 1 aliphatic heterocycles. The van der Waals surface area contributed by atoms with Crippen molar-refractivity contribution in [3.8, 4) is 0 Å². The minimum Gasteiger partial charge on any atom is -0.506 e. The standard InChI is InChI=1S/C15H13ClO5S/c16-14-8-6-7-22(20,21)12(8)5-4-9(14)15(19)13-10(17)2-1-3-11(13)18/h4-5,19H,1-3,6-7H2. The highest BCUT2D eigenvalue weighted by molar-refractivity contribution is 7.91. The third-order valence-corrected chi connectivity index (χ3v) is 6.24. The SMILES string of the molecule is O=C1CCCC(=O)C1=C(O)c1ccc2c(c1Cl)CCS2(=O)=O. The van der Waals surface area contributed by atoms with Crippen molar-refractivity contribution in [2.24, 2.45) is 0 Å². The zero-order valence-electron chi connectivity index (χ0n) is 11.6. The molecule has 0 radical (unpaired) electrons. The molecular formula is C15H13ClO5S. The summed E-state index contributed by atoms with van der Waals surface area (Å²) >= 11 is 6.21.